The van der Waals surface area contributed by atoms with Crippen molar-refractivity contribution in [3.8, 4) is 0 Å². The number of amides is 2. The van der Waals surface area contributed by atoms with Crippen LogP contribution in [-0.2, 0) is 14.3 Å². The van der Waals surface area contributed by atoms with Gasteiger partial charge in [-0.25, -0.2) is 0 Å². The summed E-state index contributed by atoms with van der Waals surface area (Å²) in [5.74, 6) is 0.772. The molecule has 1 aliphatic carbocycles. The molecule has 3 rings (SSSR count). The molecule has 2 saturated heterocycles. The van der Waals surface area contributed by atoms with Gasteiger partial charge in [0.15, 0.2) is 0 Å². The van der Waals surface area contributed by atoms with E-state index in [0.29, 0.717) is 18.4 Å². The van der Waals surface area contributed by atoms with Gasteiger partial charge in [-0.15, -0.1) is 0 Å². The van der Waals surface area contributed by atoms with Gasteiger partial charge in [-0.05, 0) is 38.5 Å². The van der Waals surface area contributed by atoms with E-state index in [9.17, 15) is 9.59 Å². The molecule has 1 saturated carbocycles. The summed E-state index contributed by atoms with van der Waals surface area (Å²) in [6.45, 7) is 5.64. The summed E-state index contributed by atoms with van der Waals surface area (Å²) in [5.41, 5.74) is -0.670. The molecule has 3 atom stereocenters. The molecule has 3 aliphatic rings. The maximum absolute atomic E-state index is 12.7. The predicted octanol–water partition coefficient (Wildman–Crippen LogP) is 0.929. The fraction of sp³-hybridized carbons (Fsp3) is 0.867. The number of hydrogen-bond donors (Lipinski definition) is 1. The van der Waals surface area contributed by atoms with Gasteiger partial charge in [0, 0.05) is 19.1 Å². The molecule has 0 aromatic heterocycles. The fourth-order valence-corrected chi connectivity index (χ4v) is 3.68. The van der Waals surface area contributed by atoms with Crippen molar-refractivity contribution in [1.29, 1.82) is 0 Å². The van der Waals surface area contributed by atoms with E-state index in [1.54, 1.807) is 4.90 Å². The topological polar surface area (TPSA) is 58.6 Å². The van der Waals surface area contributed by atoms with Crippen molar-refractivity contribution in [3.63, 3.8) is 0 Å². The van der Waals surface area contributed by atoms with Crippen molar-refractivity contribution in [2.24, 2.45) is 11.8 Å². The molecule has 0 bridgehead atoms. The molecule has 112 valence electrons. The van der Waals surface area contributed by atoms with Gasteiger partial charge in [0.25, 0.3) is 0 Å². The molecule has 0 radical (unpaired) electrons. The van der Waals surface area contributed by atoms with Crippen LogP contribution in [0.5, 0.6) is 0 Å². The van der Waals surface area contributed by atoms with Crippen LogP contribution in [0.1, 0.15) is 39.5 Å². The number of nitrogens with zero attached hydrogens (tertiary/aromatic N) is 1. The first kappa shape index (κ1) is 13.9. The highest BCUT2D eigenvalue weighted by atomic mass is 16.5. The molecule has 2 heterocycles. The number of hydrogen-bond acceptors (Lipinski definition) is 3. The average Bonchev–Trinajstić information content (AvgIpc) is 3.17. The van der Waals surface area contributed by atoms with Crippen LogP contribution in [-0.4, -0.2) is 48.1 Å². The second-order valence-electron chi connectivity index (χ2n) is 6.58. The summed E-state index contributed by atoms with van der Waals surface area (Å²) in [6, 6.07) is 0. The molecule has 3 unspecified atom stereocenters. The Bertz CT molecular complexity index is 421. The Balaban J connectivity index is 1.71. The molecule has 5 nitrogen and oxygen atoms in total. The monoisotopic (exact) mass is 280 g/mol. The van der Waals surface area contributed by atoms with Gasteiger partial charge in [0.1, 0.15) is 5.54 Å². The molecule has 5 heteroatoms. The van der Waals surface area contributed by atoms with Crippen LogP contribution in [0.15, 0.2) is 0 Å². The Kier molecular flexibility index (Phi) is 3.48. The lowest BCUT2D eigenvalue weighted by Crippen LogP contribution is -2.67. The highest BCUT2D eigenvalue weighted by molar-refractivity contribution is 5.98. The Labute approximate surface area is 120 Å². The third-order valence-corrected chi connectivity index (χ3v) is 5.06. The second-order valence-corrected chi connectivity index (χ2v) is 6.58. The van der Waals surface area contributed by atoms with Crippen LogP contribution in [0.3, 0.4) is 0 Å². The summed E-state index contributed by atoms with van der Waals surface area (Å²) in [6.07, 6.45) is 4.28. The van der Waals surface area contributed by atoms with E-state index < -0.39 is 5.54 Å². The maximum Gasteiger partial charge on any atom is 0.248 e. The summed E-state index contributed by atoms with van der Waals surface area (Å²) < 4.78 is 5.69. The molecular formula is C15H24N2O3. The molecule has 0 spiro atoms. The van der Waals surface area contributed by atoms with Crippen LogP contribution in [0.4, 0.5) is 0 Å². The SMILES string of the molecule is CCC1OCCC1CN1CC(=O)NC(C)(C2CC2)C1=O. The Morgan fingerprint density at radius 1 is 1.35 bits per heavy atom. The van der Waals surface area contributed by atoms with Crippen molar-refractivity contribution in [2.45, 2.75) is 51.2 Å². The Morgan fingerprint density at radius 2 is 2.10 bits per heavy atom. The van der Waals surface area contributed by atoms with Gasteiger partial charge in [0.2, 0.25) is 11.8 Å². The van der Waals surface area contributed by atoms with Crippen LogP contribution in [0.25, 0.3) is 0 Å². The zero-order valence-corrected chi connectivity index (χ0v) is 12.4. The largest absolute Gasteiger partial charge is 0.378 e. The summed E-state index contributed by atoms with van der Waals surface area (Å²) in [7, 11) is 0. The fourth-order valence-electron chi connectivity index (χ4n) is 3.68. The van der Waals surface area contributed by atoms with Gasteiger partial charge in [-0.2, -0.15) is 0 Å². The van der Waals surface area contributed by atoms with Crippen molar-refractivity contribution in [2.75, 3.05) is 19.7 Å². The Hall–Kier alpha value is -1.10. The van der Waals surface area contributed by atoms with E-state index in [0.717, 1.165) is 32.3 Å². The normalized spacial score (nSPS) is 38.2. The quantitative estimate of drug-likeness (QED) is 0.833. The predicted molar refractivity (Wildman–Crippen MR) is 74.0 cm³/mol. The highest BCUT2D eigenvalue weighted by Crippen LogP contribution is 2.41. The number of nitrogens with one attached hydrogen (secondary N) is 1. The standard InChI is InChI=1S/C15H24N2O3/c1-3-12-10(6-7-20-12)8-17-9-13(18)16-15(2,14(17)19)11-4-5-11/h10-12H,3-9H2,1-2H3,(H,16,18). The molecule has 1 N–H and O–H groups in total. The average molecular weight is 280 g/mol. The third kappa shape index (κ3) is 2.32. The first-order valence-corrected chi connectivity index (χ1v) is 7.76. The van der Waals surface area contributed by atoms with E-state index in [1.807, 2.05) is 6.92 Å². The minimum Gasteiger partial charge on any atom is -0.378 e. The van der Waals surface area contributed by atoms with Crippen molar-refractivity contribution >= 4 is 11.8 Å². The number of rotatable bonds is 4. The van der Waals surface area contributed by atoms with Crippen molar-refractivity contribution in [3.05, 3.63) is 0 Å². The second kappa shape index (κ2) is 5.02. The minimum absolute atomic E-state index is 0.0223. The lowest BCUT2D eigenvalue weighted by atomic mass is 9.90. The van der Waals surface area contributed by atoms with Crippen molar-refractivity contribution < 1.29 is 14.3 Å². The third-order valence-electron chi connectivity index (χ3n) is 5.06. The van der Waals surface area contributed by atoms with Crippen LogP contribution in [0.2, 0.25) is 0 Å². The first-order chi connectivity index (χ1) is 9.54. The van der Waals surface area contributed by atoms with Gasteiger partial charge in [-0.1, -0.05) is 6.92 Å². The van der Waals surface area contributed by atoms with Crippen molar-refractivity contribution in [1.82, 2.24) is 10.2 Å². The molecule has 2 amide bonds. The number of carbonyl (C=O) groups excluding carboxylic acids is 2. The summed E-state index contributed by atoms with van der Waals surface area (Å²) in [5, 5.41) is 2.92. The van der Waals surface area contributed by atoms with E-state index in [4.69, 9.17) is 4.74 Å². The van der Waals surface area contributed by atoms with E-state index in [-0.39, 0.29) is 24.5 Å². The molecule has 0 aromatic carbocycles. The zero-order valence-electron chi connectivity index (χ0n) is 12.4. The molecule has 0 aromatic rings. The summed E-state index contributed by atoms with van der Waals surface area (Å²) in [4.78, 5) is 26.4. The smallest absolute Gasteiger partial charge is 0.248 e. The first-order valence-electron chi connectivity index (χ1n) is 7.76. The molecule has 20 heavy (non-hydrogen) atoms. The molecule has 2 aliphatic heterocycles. The van der Waals surface area contributed by atoms with E-state index in [2.05, 4.69) is 12.2 Å². The van der Waals surface area contributed by atoms with E-state index in [1.165, 1.54) is 0 Å². The number of ether oxygens (including phenoxy) is 1. The maximum atomic E-state index is 12.7. The van der Waals surface area contributed by atoms with Crippen LogP contribution < -0.4 is 5.32 Å². The van der Waals surface area contributed by atoms with Crippen LogP contribution >= 0.6 is 0 Å². The lowest BCUT2D eigenvalue weighted by molar-refractivity contribution is -0.151. The van der Waals surface area contributed by atoms with Gasteiger partial charge in [-0.3, -0.25) is 9.59 Å². The van der Waals surface area contributed by atoms with E-state index >= 15 is 0 Å². The van der Waals surface area contributed by atoms with Gasteiger partial charge >= 0.3 is 0 Å². The number of piperazine rings is 1. The minimum atomic E-state index is -0.670. The Morgan fingerprint density at radius 3 is 2.75 bits per heavy atom. The summed E-state index contributed by atoms with van der Waals surface area (Å²) >= 11 is 0. The van der Waals surface area contributed by atoms with Gasteiger partial charge < -0.3 is 15.0 Å². The lowest BCUT2D eigenvalue weighted by Gasteiger charge is -2.41. The number of carbonyl (C=O) groups is 2. The highest BCUT2D eigenvalue weighted by Gasteiger charge is 2.52. The van der Waals surface area contributed by atoms with Gasteiger partial charge in [0.05, 0.1) is 12.6 Å². The molecule has 3 fully saturated rings. The zero-order chi connectivity index (χ0) is 14.3. The van der Waals surface area contributed by atoms with Crippen LogP contribution in [0, 0.1) is 11.8 Å². The molecular weight excluding hydrogens is 256 g/mol.